The molecule has 1 heterocycles. The molecule has 1 amide bonds. The SMILES string of the molecule is CC(C)c1ccc(S(=O)(=O)NCC(=O)N2c3ccccc3CC2C)cc1. The zero-order valence-electron chi connectivity index (χ0n) is 15.3. The quantitative estimate of drug-likeness (QED) is 0.877. The molecular weight excluding hydrogens is 348 g/mol. The van der Waals surface area contributed by atoms with Gasteiger partial charge >= 0.3 is 0 Å². The van der Waals surface area contributed by atoms with Crippen molar-refractivity contribution in [2.45, 2.75) is 44.0 Å². The Labute approximate surface area is 155 Å². The van der Waals surface area contributed by atoms with E-state index in [2.05, 4.69) is 18.6 Å². The van der Waals surface area contributed by atoms with Gasteiger partial charge in [0.15, 0.2) is 0 Å². The normalized spacial score (nSPS) is 16.8. The van der Waals surface area contributed by atoms with Crippen LogP contribution >= 0.6 is 0 Å². The van der Waals surface area contributed by atoms with E-state index < -0.39 is 10.0 Å². The average Bonchev–Trinajstić information content (AvgIpc) is 2.95. The fourth-order valence-electron chi connectivity index (χ4n) is 3.30. The summed E-state index contributed by atoms with van der Waals surface area (Å²) in [6, 6.07) is 14.5. The molecule has 1 atom stereocenters. The lowest BCUT2D eigenvalue weighted by Gasteiger charge is -2.23. The summed E-state index contributed by atoms with van der Waals surface area (Å²) in [5.41, 5.74) is 3.05. The Morgan fingerprint density at radius 3 is 2.46 bits per heavy atom. The summed E-state index contributed by atoms with van der Waals surface area (Å²) < 4.78 is 27.4. The minimum atomic E-state index is -3.72. The van der Waals surface area contributed by atoms with Gasteiger partial charge in [-0.05, 0) is 48.6 Å². The molecule has 5 nitrogen and oxygen atoms in total. The Balaban J connectivity index is 1.71. The van der Waals surface area contributed by atoms with Crippen LogP contribution in [0.4, 0.5) is 5.69 Å². The monoisotopic (exact) mass is 372 g/mol. The first kappa shape index (κ1) is 18.6. The molecule has 0 bridgehead atoms. The Bertz CT molecular complexity index is 905. The summed E-state index contributed by atoms with van der Waals surface area (Å²) in [6.07, 6.45) is 0.783. The number of hydrogen-bond acceptors (Lipinski definition) is 3. The average molecular weight is 372 g/mol. The molecular formula is C20H24N2O3S. The molecule has 0 radical (unpaired) electrons. The van der Waals surface area contributed by atoms with E-state index in [1.165, 1.54) is 0 Å². The van der Waals surface area contributed by atoms with Crippen molar-refractivity contribution in [2.75, 3.05) is 11.4 Å². The van der Waals surface area contributed by atoms with Gasteiger partial charge in [0, 0.05) is 11.7 Å². The van der Waals surface area contributed by atoms with E-state index in [1.54, 1.807) is 29.2 Å². The van der Waals surface area contributed by atoms with Crippen LogP contribution in [0.2, 0.25) is 0 Å². The summed E-state index contributed by atoms with van der Waals surface area (Å²) in [4.78, 5) is 14.5. The molecule has 3 rings (SSSR count). The van der Waals surface area contributed by atoms with Gasteiger partial charge in [-0.15, -0.1) is 0 Å². The highest BCUT2D eigenvalue weighted by Gasteiger charge is 2.31. The highest BCUT2D eigenvalue weighted by Crippen LogP contribution is 2.31. The fraction of sp³-hybridized carbons (Fsp3) is 0.350. The highest BCUT2D eigenvalue weighted by atomic mass is 32.2. The van der Waals surface area contributed by atoms with Gasteiger partial charge in [0.2, 0.25) is 15.9 Å². The number of nitrogens with one attached hydrogen (secondary N) is 1. The minimum absolute atomic E-state index is 0.0229. The lowest BCUT2D eigenvalue weighted by Crippen LogP contribution is -2.43. The first-order chi connectivity index (χ1) is 12.3. The zero-order valence-corrected chi connectivity index (χ0v) is 16.1. The smallest absolute Gasteiger partial charge is 0.242 e. The molecule has 0 fully saturated rings. The summed E-state index contributed by atoms with van der Waals surface area (Å²) in [5.74, 6) is 0.0860. The molecule has 138 valence electrons. The van der Waals surface area contributed by atoms with E-state index in [0.717, 1.165) is 23.2 Å². The van der Waals surface area contributed by atoms with Crippen molar-refractivity contribution < 1.29 is 13.2 Å². The Morgan fingerprint density at radius 2 is 1.81 bits per heavy atom. The van der Waals surface area contributed by atoms with Crippen molar-refractivity contribution in [3.63, 3.8) is 0 Å². The zero-order chi connectivity index (χ0) is 18.9. The molecule has 1 N–H and O–H groups in total. The van der Waals surface area contributed by atoms with Crippen LogP contribution in [-0.4, -0.2) is 26.9 Å². The van der Waals surface area contributed by atoms with Crippen LogP contribution in [0.15, 0.2) is 53.4 Å². The highest BCUT2D eigenvalue weighted by molar-refractivity contribution is 7.89. The van der Waals surface area contributed by atoms with E-state index in [9.17, 15) is 13.2 Å². The fourth-order valence-corrected chi connectivity index (χ4v) is 4.28. The first-order valence-electron chi connectivity index (χ1n) is 8.79. The first-order valence-corrected chi connectivity index (χ1v) is 10.3. The standard InChI is InChI=1S/C20H24N2O3S/c1-14(2)16-8-10-18(11-9-16)26(24,25)21-13-20(23)22-15(3)12-17-6-4-5-7-19(17)22/h4-11,14-15,21H,12-13H2,1-3H3. The lowest BCUT2D eigenvalue weighted by atomic mass is 10.0. The molecule has 1 aliphatic heterocycles. The van der Waals surface area contributed by atoms with Crippen molar-refractivity contribution in [1.29, 1.82) is 0 Å². The summed E-state index contributed by atoms with van der Waals surface area (Å²) >= 11 is 0. The van der Waals surface area contributed by atoms with Crippen LogP contribution < -0.4 is 9.62 Å². The molecule has 0 aromatic heterocycles. The van der Waals surface area contributed by atoms with Crippen molar-refractivity contribution >= 4 is 21.6 Å². The molecule has 0 spiro atoms. The molecule has 0 saturated carbocycles. The van der Waals surface area contributed by atoms with E-state index >= 15 is 0 Å². The maximum atomic E-state index is 12.6. The molecule has 26 heavy (non-hydrogen) atoms. The number of benzene rings is 2. The predicted octanol–water partition coefficient (Wildman–Crippen LogP) is 3.07. The van der Waals surface area contributed by atoms with Gasteiger partial charge in [-0.25, -0.2) is 13.1 Å². The Kier molecular flexibility index (Phi) is 5.16. The van der Waals surface area contributed by atoms with E-state index in [4.69, 9.17) is 0 Å². The number of rotatable bonds is 5. The van der Waals surface area contributed by atoms with Crippen LogP contribution in [0.3, 0.4) is 0 Å². The molecule has 0 aliphatic carbocycles. The Morgan fingerprint density at radius 1 is 1.15 bits per heavy atom. The number of anilines is 1. The molecule has 2 aromatic rings. The number of amides is 1. The van der Waals surface area contributed by atoms with Crippen LogP contribution in [-0.2, 0) is 21.2 Å². The summed E-state index contributed by atoms with van der Waals surface area (Å²) in [6.45, 7) is 5.81. The molecule has 1 unspecified atom stereocenters. The largest absolute Gasteiger partial charge is 0.308 e. The number of carbonyl (C=O) groups is 1. The molecule has 1 aliphatic rings. The number of carbonyl (C=O) groups excluding carboxylic acids is 1. The van der Waals surface area contributed by atoms with E-state index in [1.807, 2.05) is 31.2 Å². The Hall–Kier alpha value is -2.18. The topological polar surface area (TPSA) is 66.5 Å². The van der Waals surface area contributed by atoms with Crippen LogP contribution in [0.1, 0.15) is 37.8 Å². The third-order valence-electron chi connectivity index (χ3n) is 4.75. The third-order valence-corrected chi connectivity index (χ3v) is 6.16. The molecule has 2 aromatic carbocycles. The molecule has 6 heteroatoms. The number of fused-ring (bicyclic) bond motifs is 1. The van der Waals surface area contributed by atoms with Gasteiger partial charge in [-0.3, -0.25) is 4.79 Å². The second-order valence-electron chi connectivity index (χ2n) is 6.99. The van der Waals surface area contributed by atoms with Crippen LogP contribution in [0.5, 0.6) is 0 Å². The summed E-state index contributed by atoms with van der Waals surface area (Å²) in [7, 11) is -3.72. The van der Waals surface area contributed by atoms with Gasteiger partial charge in [-0.1, -0.05) is 44.2 Å². The predicted molar refractivity (Wildman–Crippen MR) is 103 cm³/mol. The van der Waals surface area contributed by atoms with Crippen molar-refractivity contribution in [2.24, 2.45) is 0 Å². The number of para-hydroxylation sites is 1. The van der Waals surface area contributed by atoms with Gasteiger partial charge < -0.3 is 4.90 Å². The van der Waals surface area contributed by atoms with Crippen molar-refractivity contribution in [3.8, 4) is 0 Å². The second-order valence-corrected chi connectivity index (χ2v) is 8.76. The third kappa shape index (κ3) is 3.66. The van der Waals surface area contributed by atoms with Crippen LogP contribution in [0.25, 0.3) is 0 Å². The van der Waals surface area contributed by atoms with Gasteiger partial charge in [0.05, 0.1) is 11.4 Å². The summed E-state index contributed by atoms with van der Waals surface area (Å²) in [5, 5.41) is 0. The van der Waals surface area contributed by atoms with Gasteiger partial charge in [-0.2, -0.15) is 0 Å². The van der Waals surface area contributed by atoms with E-state index in [-0.39, 0.29) is 23.4 Å². The van der Waals surface area contributed by atoms with Crippen molar-refractivity contribution in [3.05, 3.63) is 59.7 Å². The van der Waals surface area contributed by atoms with Gasteiger partial charge in [0.25, 0.3) is 0 Å². The number of nitrogens with zero attached hydrogens (tertiary/aromatic N) is 1. The minimum Gasteiger partial charge on any atom is -0.308 e. The van der Waals surface area contributed by atoms with Crippen LogP contribution in [0, 0.1) is 0 Å². The maximum absolute atomic E-state index is 12.6. The van der Waals surface area contributed by atoms with E-state index in [0.29, 0.717) is 5.92 Å². The molecule has 0 saturated heterocycles. The number of sulfonamides is 1. The van der Waals surface area contributed by atoms with Gasteiger partial charge in [0.1, 0.15) is 0 Å². The second kappa shape index (κ2) is 7.21. The maximum Gasteiger partial charge on any atom is 0.242 e. The lowest BCUT2D eigenvalue weighted by molar-refractivity contribution is -0.117. The van der Waals surface area contributed by atoms with Crippen molar-refractivity contribution in [1.82, 2.24) is 4.72 Å². The number of hydrogen-bond donors (Lipinski definition) is 1.